The molecule has 0 unspecified atom stereocenters. The normalized spacial score (nSPS) is 10.5. The number of aromatic hydroxyl groups is 1. The first-order valence-electron chi connectivity index (χ1n) is 7.37. The summed E-state index contributed by atoms with van der Waals surface area (Å²) < 4.78 is 15.5. The van der Waals surface area contributed by atoms with Gasteiger partial charge in [-0.2, -0.15) is 5.10 Å². The molecule has 0 saturated carbocycles. The van der Waals surface area contributed by atoms with E-state index < -0.39 is 0 Å². The maximum absolute atomic E-state index is 9.58. The molecule has 2 rings (SSSR count). The Hall–Kier alpha value is -2.71. The molecule has 9 heteroatoms. The van der Waals surface area contributed by atoms with E-state index in [0.29, 0.717) is 28.0 Å². The molecule has 3 N–H and O–H groups in total. The summed E-state index contributed by atoms with van der Waals surface area (Å²) in [6.07, 6.45) is 1.54. The molecule has 0 aliphatic heterocycles. The third-order valence-electron chi connectivity index (χ3n) is 3.31. The molecule has 0 aliphatic carbocycles. The second-order valence-electron chi connectivity index (χ2n) is 4.94. The number of nitrogens with zero attached hydrogens (tertiary/aromatic N) is 1. The van der Waals surface area contributed by atoms with Gasteiger partial charge in [0.1, 0.15) is 11.5 Å². The second-order valence-corrected chi connectivity index (χ2v) is 5.76. The molecule has 0 bridgehead atoms. The minimum absolute atomic E-state index is 0.0542. The van der Waals surface area contributed by atoms with E-state index in [9.17, 15) is 5.11 Å². The van der Waals surface area contributed by atoms with Crippen LogP contribution in [0.15, 0.2) is 35.4 Å². The van der Waals surface area contributed by atoms with Crippen molar-refractivity contribution >= 4 is 40.8 Å². The van der Waals surface area contributed by atoms with Gasteiger partial charge < -0.3 is 24.6 Å². The number of benzene rings is 2. The number of hydrogen-bond acceptors (Lipinski definition) is 6. The van der Waals surface area contributed by atoms with Crippen LogP contribution < -0.4 is 25.0 Å². The van der Waals surface area contributed by atoms with Crippen molar-refractivity contribution in [1.29, 1.82) is 0 Å². The Balaban J connectivity index is 2.05. The Morgan fingerprint density at radius 2 is 1.77 bits per heavy atom. The van der Waals surface area contributed by atoms with Gasteiger partial charge in [-0.15, -0.1) is 0 Å². The zero-order chi connectivity index (χ0) is 19.1. The predicted molar refractivity (Wildman–Crippen MR) is 106 cm³/mol. The highest BCUT2D eigenvalue weighted by Crippen LogP contribution is 2.35. The van der Waals surface area contributed by atoms with Crippen LogP contribution in [0.1, 0.15) is 5.56 Å². The monoisotopic (exact) mass is 395 g/mol. The summed E-state index contributed by atoms with van der Waals surface area (Å²) in [6.45, 7) is 0. The van der Waals surface area contributed by atoms with Crippen LogP contribution >= 0.6 is 23.8 Å². The number of rotatable bonds is 6. The standard InChI is InChI=1S/C17H18ClN3O4S/c1-23-14-8-12(15(24-2)7-11(14)18)20-17(26)21-19-9-10-4-5-13(22)16(6-10)25-3/h4-9,22H,1-3H3,(H2,20,21,26)/b19-9+. The number of anilines is 1. The van der Waals surface area contributed by atoms with Crippen molar-refractivity contribution in [1.82, 2.24) is 5.43 Å². The van der Waals surface area contributed by atoms with Crippen molar-refractivity contribution in [2.75, 3.05) is 26.6 Å². The molecular weight excluding hydrogens is 378 g/mol. The van der Waals surface area contributed by atoms with Gasteiger partial charge in [0.05, 0.1) is 38.3 Å². The molecule has 0 saturated heterocycles. The molecule has 0 fully saturated rings. The Morgan fingerprint density at radius 3 is 2.42 bits per heavy atom. The lowest BCUT2D eigenvalue weighted by molar-refractivity contribution is 0.373. The number of hydrogen-bond donors (Lipinski definition) is 3. The van der Waals surface area contributed by atoms with Gasteiger partial charge in [-0.3, -0.25) is 5.43 Å². The maximum Gasteiger partial charge on any atom is 0.191 e. The number of thiocarbonyl (C=S) groups is 1. The average molecular weight is 396 g/mol. The van der Waals surface area contributed by atoms with Gasteiger partial charge in [-0.1, -0.05) is 11.6 Å². The number of halogens is 1. The molecule has 0 heterocycles. The summed E-state index contributed by atoms with van der Waals surface area (Å²) in [6, 6.07) is 8.14. The van der Waals surface area contributed by atoms with Crippen LogP contribution in [0.25, 0.3) is 0 Å². The average Bonchev–Trinajstić information content (AvgIpc) is 2.64. The van der Waals surface area contributed by atoms with Crippen molar-refractivity contribution in [2.45, 2.75) is 0 Å². The minimum atomic E-state index is 0.0542. The number of ether oxygens (including phenoxy) is 3. The fourth-order valence-corrected chi connectivity index (χ4v) is 2.44. The highest BCUT2D eigenvalue weighted by molar-refractivity contribution is 7.80. The second kappa shape index (κ2) is 9.12. The first kappa shape index (κ1) is 19.6. The van der Waals surface area contributed by atoms with Crippen LogP contribution in [-0.4, -0.2) is 37.8 Å². The molecule has 26 heavy (non-hydrogen) atoms. The van der Waals surface area contributed by atoms with Crippen molar-refractivity contribution in [2.24, 2.45) is 5.10 Å². The molecule has 7 nitrogen and oxygen atoms in total. The van der Waals surface area contributed by atoms with Gasteiger partial charge in [-0.05, 0) is 36.0 Å². The van der Waals surface area contributed by atoms with Crippen LogP contribution in [0, 0.1) is 0 Å². The van der Waals surface area contributed by atoms with Crippen molar-refractivity contribution in [3.05, 3.63) is 40.9 Å². The van der Waals surface area contributed by atoms with Crippen LogP contribution in [0.3, 0.4) is 0 Å². The molecule has 0 amide bonds. The van der Waals surface area contributed by atoms with Crippen LogP contribution in [-0.2, 0) is 0 Å². The molecule has 2 aromatic rings. The molecule has 2 aromatic carbocycles. The van der Waals surface area contributed by atoms with E-state index in [4.69, 9.17) is 38.0 Å². The first-order valence-corrected chi connectivity index (χ1v) is 8.15. The van der Waals surface area contributed by atoms with E-state index in [-0.39, 0.29) is 10.9 Å². The zero-order valence-electron chi connectivity index (χ0n) is 14.4. The van der Waals surface area contributed by atoms with Gasteiger partial charge in [-0.25, -0.2) is 0 Å². The quantitative estimate of drug-likeness (QED) is 0.392. The summed E-state index contributed by atoms with van der Waals surface area (Å²) in [4.78, 5) is 0. The number of methoxy groups -OCH3 is 3. The smallest absolute Gasteiger partial charge is 0.191 e. The lowest BCUT2D eigenvalue weighted by Crippen LogP contribution is -2.24. The summed E-state index contributed by atoms with van der Waals surface area (Å²) >= 11 is 11.3. The summed E-state index contributed by atoms with van der Waals surface area (Å²) in [5.41, 5.74) is 3.99. The van der Waals surface area contributed by atoms with E-state index in [1.165, 1.54) is 33.6 Å². The number of nitrogens with one attached hydrogen (secondary N) is 2. The largest absolute Gasteiger partial charge is 0.504 e. The predicted octanol–water partition coefficient (Wildman–Crippen LogP) is 3.39. The summed E-state index contributed by atoms with van der Waals surface area (Å²) in [5.74, 6) is 1.40. The highest BCUT2D eigenvalue weighted by Gasteiger charge is 2.11. The SMILES string of the molecule is COc1cc(/C=N/NC(=S)Nc2cc(OC)c(Cl)cc2OC)ccc1O. The van der Waals surface area contributed by atoms with Gasteiger partial charge >= 0.3 is 0 Å². The van der Waals surface area contributed by atoms with E-state index >= 15 is 0 Å². The molecule has 0 spiro atoms. The molecule has 0 radical (unpaired) electrons. The van der Waals surface area contributed by atoms with Gasteiger partial charge in [0.15, 0.2) is 16.6 Å². The van der Waals surface area contributed by atoms with E-state index in [1.54, 1.807) is 24.3 Å². The minimum Gasteiger partial charge on any atom is -0.504 e. The highest BCUT2D eigenvalue weighted by atomic mass is 35.5. The number of phenolic OH excluding ortho intramolecular Hbond substituents is 1. The van der Waals surface area contributed by atoms with Gasteiger partial charge in [0.25, 0.3) is 0 Å². The van der Waals surface area contributed by atoms with Gasteiger partial charge in [0.2, 0.25) is 0 Å². The third-order valence-corrected chi connectivity index (χ3v) is 3.79. The van der Waals surface area contributed by atoms with Crippen LogP contribution in [0.5, 0.6) is 23.0 Å². The summed E-state index contributed by atoms with van der Waals surface area (Å²) in [7, 11) is 4.52. The molecular formula is C17H18ClN3O4S. The van der Waals surface area contributed by atoms with Crippen molar-refractivity contribution < 1.29 is 19.3 Å². The topological polar surface area (TPSA) is 84.3 Å². The molecule has 0 aliphatic rings. The van der Waals surface area contributed by atoms with E-state index in [2.05, 4.69) is 15.8 Å². The first-order chi connectivity index (χ1) is 12.5. The molecule has 0 aromatic heterocycles. The van der Waals surface area contributed by atoms with Crippen LogP contribution in [0.2, 0.25) is 5.02 Å². The summed E-state index contributed by atoms with van der Waals surface area (Å²) in [5, 5.41) is 17.3. The van der Waals surface area contributed by atoms with E-state index in [0.717, 1.165) is 5.56 Å². The molecule has 0 atom stereocenters. The lowest BCUT2D eigenvalue weighted by atomic mass is 10.2. The Bertz CT molecular complexity index is 830. The Labute approximate surface area is 161 Å². The third kappa shape index (κ3) is 4.90. The van der Waals surface area contributed by atoms with Crippen molar-refractivity contribution in [3.63, 3.8) is 0 Å². The van der Waals surface area contributed by atoms with Crippen molar-refractivity contribution in [3.8, 4) is 23.0 Å². The van der Waals surface area contributed by atoms with Gasteiger partial charge in [0, 0.05) is 12.1 Å². The van der Waals surface area contributed by atoms with E-state index in [1.807, 2.05) is 0 Å². The Morgan fingerprint density at radius 1 is 1.08 bits per heavy atom. The zero-order valence-corrected chi connectivity index (χ0v) is 15.9. The fraction of sp³-hybridized carbons (Fsp3) is 0.176. The Kier molecular flexibility index (Phi) is 6.88. The maximum atomic E-state index is 9.58. The van der Waals surface area contributed by atoms with Crippen LogP contribution in [0.4, 0.5) is 5.69 Å². The fourth-order valence-electron chi connectivity index (χ4n) is 2.05. The number of hydrazone groups is 1. The number of phenols is 1. The lowest BCUT2D eigenvalue weighted by Gasteiger charge is -2.14. The molecule has 138 valence electrons.